The number of H-pyrrole nitrogens is 1. The van der Waals surface area contributed by atoms with E-state index in [0.717, 1.165) is 5.52 Å². The summed E-state index contributed by atoms with van der Waals surface area (Å²) in [5.74, 6) is -2.66. The Bertz CT molecular complexity index is 1390. The molecule has 1 unspecified atom stereocenters. The van der Waals surface area contributed by atoms with Crippen LogP contribution >= 0.6 is 0 Å². The predicted octanol–water partition coefficient (Wildman–Crippen LogP) is 4.93. The number of aromatic amines is 1. The van der Waals surface area contributed by atoms with Gasteiger partial charge in [0.2, 0.25) is 0 Å². The number of halogens is 3. The fourth-order valence-corrected chi connectivity index (χ4v) is 3.98. The number of aromatic nitrogens is 3. The summed E-state index contributed by atoms with van der Waals surface area (Å²) in [7, 11) is 0. The molecule has 2 aromatic heterocycles. The number of hydrogen-bond donors (Lipinski definition) is 2. The average molecular weight is 484 g/mol. The van der Waals surface area contributed by atoms with Crippen molar-refractivity contribution < 1.29 is 27.5 Å². The second-order valence-corrected chi connectivity index (χ2v) is 8.14. The Morgan fingerprint density at radius 1 is 1.06 bits per heavy atom. The maximum Gasteiger partial charge on any atom is 0.434 e. The van der Waals surface area contributed by atoms with Crippen LogP contribution in [-0.2, 0) is 20.7 Å². The van der Waals surface area contributed by atoms with Crippen molar-refractivity contribution in [3.63, 3.8) is 0 Å². The van der Waals surface area contributed by atoms with Gasteiger partial charge in [-0.05, 0) is 44.5 Å². The fourth-order valence-electron chi connectivity index (χ4n) is 3.98. The molecule has 0 aliphatic carbocycles. The number of aryl methyl sites for hydroxylation is 2. The molecule has 0 aliphatic heterocycles. The summed E-state index contributed by atoms with van der Waals surface area (Å²) in [5, 5.41) is 7.27. The first kappa shape index (κ1) is 24.1. The van der Waals surface area contributed by atoms with E-state index in [2.05, 4.69) is 20.1 Å². The first-order valence-corrected chi connectivity index (χ1v) is 10.8. The van der Waals surface area contributed by atoms with Gasteiger partial charge in [-0.15, -0.1) is 0 Å². The second-order valence-electron chi connectivity index (χ2n) is 8.14. The largest absolute Gasteiger partial charge is 0.442 e. The number of anilines is 1. The molecule has 7 nitrogen and oxygen atoms in total. The number of nitrogens with one attached hydrogen (secondary N) is 2. The lowest BCUT2D eigenvalue weighted by Gasteiger charge is -2.20. The predicted molar refractivity (Wildman–Crippen MR) is 124 cm³/mol. The lowest BCUT2D eigenvalue weighted by molar-refractivity contribution is -0.217. The number of hydrogen-bond acceptors (Lipinski definition) is 4. The van der Waals surface area contributed by atoms with E-state index in [0.29, 0.717) is 33.7 Å². The van der Waals surface area contributed by atoms with Crippen molar-refractivity contribution in [2.75, 3.05) is 5.32 Å². The van der Waals surface area contributed by atoms with Gasteiger partial charge in [0.15, 0.2) is 0 Å². The molecule has 0 aliphatic rings. The number of ether oxygens (including phenoxy) is 1. The molecule has 2 N–H and O–H groups in total. The maximum atomic E-state index is 13.8. The summed E-state index contributed by atoms with van der Waals surface area (Å²) in [5.41, 5.74) is 3.46. The molecular formula is C25H23F3N4O3. The average Bonchev–Trinajstić information content (AvgIpc) is 3.27. The molecular weight excluding hydrogens is 461 g/mol. The normalized spacial score (nSPS) is 12.5. The zero-order valence-corrected chi connectivity index (χ0v) is 19.2. The number of para-hydroxylation sites is 2. The Balaban J connectivity index is 1.54. The van der Waals surface area contributed by atoms with Crippen LogP contribution in [0.15, 0.2) is 54.6 Å². The Morgan fingerprint density at radius 3 is 2.40 bits per heavy atom. The summed E-state index contributed by atoms with van der Waals surface area (Å²) in [6.07, 6.45) is -8.49. The zero-order valence-electron chi connectivity index (χ0n) is 19.2. The van der Waals surface area contributed by atoms with E-state index in [1.807, 2.05) is 6.07 Å². The Morgan fingerprint density at radius 2 is 1.71 bits per heavy atom. The van der Waals surface area contributed by atoms with Gasteiger partial charge in [0.05, 0.1) is 29.2 Å². The van der Waals surface area contributed by atoms with E-state index in [1.165, 1.54) is 4.68 Å². The molecule has 4 aromatic rings. The first-order valence-electron chi connectivity index (χ1n) is 10.8. The summed E-state index contributed by atoms with van der Waals surface area (Å²) < 4.78 is 47.4. The number of nitrogens with zero attached hydrogens (tertiary/aromatic N) is 2. The van der Waals surface area contributed by atoms with Crippen LogP contribution in [0.4, 0.5) is 18.9 Å². The van der Waals surface area contributed by atoms with Crippen molar-refractivity contribution in [3.05, 3.63) is 77.2 Å². The molecule has 0 radical (unpaired) electrons. The highest BCUT2D eigenvalue weighted by Crippen LogP contribution is 2.29. The maximum absolute atomic E-state index is 13.8. The summed E-state index contributed by atoms with van der Waals surface area (Å²) >= 11 is 0. The van der Waals surface area contributed by atoms with Gasteiger partial charge in [-0.25, -0.2) is 4.68 Å². The van der Waals surface area contributed by atoms with Gasteiger partial charge in [0, 0.05) is 16.6 Å². The van der Waals surface area contributed by atoms with E-state index < -0.39 is 30.6 Å². The number of rotatable bonds is 6. The number of benzene rings is 2. The van der Waals surface area contributed by atoms with Crippen LogP contribution in [0.2, 0.25) is 0 Å². The van der Waals surface area contributed by atoms with Crippen molar-refractivity contribution in [2.45, 2.75) is 39.5 Å². The number of fused-ring (bicyclic) bond motifs is 1. The molecule has 0 bridgehead atoms. The van der Waals surface area contributed by atoms with Crippen LogP contribution in [0.1, 0.15) is 22.6 Å². The molecule has 0 spiro atoms. The van der Waals surface area contributed by atoms with Crippen LogP contribution in [0, 0.1) is 20.8 Å². The van der Waals surface area contributed by atoms with E-state index in [-0.39, 0.29) is 5.69 Å². The Labute approximate surface area is 198 Å². The summed E-state index contributed by atoms with van der Waals surface area (Å²) in [4.78, 5) is 28.3. The number of carbonyl (C=O) groups excluding carboxylic acids is 2. The van der Waals surface area contributed by atoms with Gasteiger partial charge in [-0.1, -0.05) is 36.4 Å². The third kappa shape index (κ3) is 4.91. The van der Waals surface area contributed by atoms with E-state index in [1.54, 1.807) is 69.3 Å². The highest BCUT2D eigenvalue weighted by molar-refractivity contribution is 5.97. The third-order valence-electron chi connectivity index (χ3n) is 5.67. The van der Waals surface area contributed by atoms with E-state index in [4.69, 9.17) is 0 Å². The van der Waals surface area contributed by atoms with Crippen LogP contribution in [0.3, 0.4) is 0 Å². The minimum atomic E-state index is -5.10. The van der Waals surface area contributed by atoms with Crippen LogP contribution in [-0.4, -0.2) is 38.9 Å². The van der Waals surface area contributed by atoms with E-state index >= 15 is 0 Å². The van der Waals surface area contributed by atoms with Crippen LogP contribution in [0.5, 0.6) is 0 Å². The minimum Gasteiger partial charge on any atom is -0.442 e. The third-order valence-corrected chi connectivity index (χ3v) is 5.67. The topological polar surface area (TPSA) is 89.0 Å². The fraction of sp³-hybridized carbons (Fsp3) is 0.240. The standard InChI is InChI=1S/C25H23F3N4O3/c1-14-19(18-11-7-8-12-20(18)29-14)13-21(33)35-23(25(26,27)28)24(34)30-22-15(2)31-32(16(22)3)17-9-5-4-6-10-17/h4-12,23,29H,13H2,1-3H3,(H,30,34). The highest BCUT2D eigenvalue weighted by atomic mass is 19.4. The molecule has 1 amide bonds. The molecule has 35 heavy (non-hydrogen) atoms. The molecule has 1 atom stereocenters. The van der Waals surface area contributed by atoms with Crippen molar-refractivity contribution in [1.82, 2.24) is 14.8 Å². The van der Waals surface area contributed by atoms with Gasteiger partial charge in [-0.2, -0.15) is 18.3 Å². The van der Waals surface area contributed by atoms with Gasteiger partial charge in [0.1, 0.15) is 0 Å². The van der Waals surface area contributed by atoms with Crippen molar-refractivity contribution >= 4 is 28.5 Å². The monoisotopic (exact) mass is 484 g/mol. The molecule has 4 rings (SSSR count). The second kappa shape index (κ2) is 9.28. The van der Waals surface area contributed by atoms with Gasteiger partial charge in [-0.3, -0.25) is 9.59 Å². The molecule has 10 heteroatoms. The van der Waals surface area contributed by atoms with E-state index in [9.17, 15) is 22.8 Å². The summed E-state index contributed by atoms with van der Waals surface area (Å²) in [6, 6.07) is 16.1. The minimum absolute atomic E-state index is 0.122. The molecule has 0 saturated heterocycles. The SMILES string of the molecule is Cc1nn(-c2ccccc2)c(C)c1NC(=O)C(OC(=O)Cc1c(C)[nH]c2ccccc12)C(F)(F)F. The quantitative estimate of drug-likeness (QED) is 0.380. The molecule has 2 aromatic carbocycles. The molecule has 0 fully saturated rings. The van der Waals surface area contributed by atoms with Crippen molar-refractivity contribution in [2.24, 2.45) is 0 Å². The zero-order chi connectivity index (χ0) is 25.3. The lowest BCUT2D eigenvalue weighted by atomic mass is 10.1. The van der Waals surface area contributed by atoms with Crippen LogP contribution in [0.25, 0.3) is 16.6 Å². The smallest absolute Gasteiger partial charge is 0.434 e. The number of carbonyl (C=O) groups is 2. The number of esters is 1. The number of amides is 1. The summed E-state index contributed by atoms with van der Waals surface area (Å²) in [6.45, 7) is 4.90. The molecule has 0 saturated carbocycles. The Kier molecular flexibility index (Phi) is 6.38. The van der Waals surface area contributed by atoms with Crippen molar-refractivity contribution in [1.29, 1.82) is 0 Å². The lowest BCUT2D eigenvalue weighted by Crippen LogP contribution is -2.44. The first-order chi connectivity index (χ1) is 16.6. The van der Waals surface area contributed by atoms with Gasteiger partial charge >= 0.3 is 12.1 Å². The molecule has 2 heterocycles. The van der Waals surface area contributed by atoms with Crippen molar-refractivity contribution in [3.8, 4) is 5.69 Å². The molecule has 182 valence electrons. The Hall–Kier alpha value is -4.08. The van der Waals surface area contributed by atoms with Gasteiger partial charge < -0.3 is 15.0 Å². The van der Waals surface area contributed by atoms with Gasteiger partial charge in [0.25, 0.3) is 12.0 Å². The van der Waals surface area contributed by atoms with Crippen LogP contribution < -0.4 is 5.32 Å². The number of alkyl halides is 3. The highest BCUT2D eigenvalue weighted by Gasteiger charge is 2.48.